The van der Waals surface area contributed by atoms with E-state index in [1.165, 1.54) is 0 Å². The summed E-state index contributed by atoms with van der Waals surface area (Å²) in [6, 6.07) is 11.2. The number of amides is 2. The Morgan fingerprint density at radius 2 is 1.14 bits per heavy atom. The van der Waals surface area contributed by atoms with Gasteiger partial charge in [-0.05, 0) is 48.2 Å². The highest BCUT2D eigenvalue weighted by atomic mass is 16.5. The van der Waals surface area contributed by atoms with Gasteiger partial charge in [0.05, 0.1) is 25.6 Å². The number of benzene rings is 2. The van der Waals surface area contributed by atoms with Crippen LogP contribution in [0.2, 0.25) is 0 Å². The van der Waals surface area contributed by atoms with Crippen molar-refractivity contribution in [3.63, 3.8) is 0 Å². The molecule has 28 heavy (non-hydrogen) atoms. The second-order valence-corrected chi connectivity index (χ2v) is 6.43. The molecule has 0 heterocycles. The van der Waals surface area contributed by atoms with Crippen LogP contribution in [-0.4, -0.2) is 26.0 Å². The van der Waals surface area contributed by atoms with Gasteiger partial charge in [0, 0.05) is 12.8 Å². The summed E-state index contributed by atoms with van der Waals surface area (Å²) < 4.78 is 10.9. The Labute approximate surface area is 166 Å². The molecule has 6 nitrogen and oxygen atoms in total. The van der Waals surface area contributed by atoms with Crippen LogP contribution in [0.5, 0.6) is 11.5 Å². The van der Waals surface area contributed by atoms with Crippen LogP contribution in [0.1, 0.15) is 39.5 Å². The lowest BCUT2D eigenvalue weighted by Crippen LogP contribution is -2.11. The number of nitrogens with one attached hydrogen (secondary N) is 2. The zero-order valence-electron chi connectivity index (χ0n) is 16.9. The van der Waals surface area contributed by atoms with Gasteiger partial charge in [0.1, 0.15) is 11.5 Å². The molecule has 0 spiro atoms. The first-order chi connectivity index (χ1) is 13.5. The molecule has 150 valence electrons. The maximum atomic E-state index is 11.9. The third-order valence-corrected chi connectivity index (χ3v) is 4.24. The minimum absolute atomic E-state index is 0.0395. The number of carbonyl (C=O) groups excluding carboxylic acids is 2. The average molecular weight is 384 g/mol. The highest BCUT2D eigenvalue weighted by Gasteiger charge is 2.12. The van der Waals surface area contributed by atoms with E-state index in [0.29, 0.717) is 35.7 Å². The van der Waals surface area contributed by atoms with Crippen molar-refractivity contribution < 1.29 is 19.1 Å². The summed E-state index contributed by atoms with van der Waals surface area (Å²) in [5.74, 6) is 1.09. The van der Waals surface area contributed by atoms with Gasteiger partial charge in [-0.1, -0.05) is 26.0 Å². The summed E-state index contributed by atoms with van der Waals surface area (Å²) in [6.07, 6.45) is 2.50. The average Bonchev–Trinajstić information content (AvgIpc) is 2.69. The quantitative estimate of drug-likeness (QED) is 0.648. The molecule has 6 heteroatoms. The van der Waals surface area contributed by atoms with Crippen molar-refractivity contribution in [2.24, 2.45) is 0 Å². The van der Waals surface area contributed by atoms with E-state index in [1.54, 1.807) is 14.2 Å². The van der Waals surface area contributed by atoms with Crippen molar-refractivity contribution in [1.82, 2.24) is 0 Å². The van der Waals surface area contributed by atoms with Gasteiger partial charge in [0.25, 0.3) is 0 Å². The van der Waals surface area contributed by atoms with E-state index in [0.717, 1.165) is 24.0 Å². The summed E-state index contributed by atoms with van der Waals surface area (Å²) in [6.45, 7) is 3.92. The molecule has 0 aromatic heterocycles. The highest BCUT2D eigenvalue weighted by molar-refractivity contribution is 5.94. The molecule has 0 aliphatic rings. The fourth-order valence-electron chi connectivity index (χ4n) is 2.83. The first-order valence-electron chi connectivity index (χ1n) is 9.48. The Balaban J connectivity index is 2.29. The number of hydrogen-bond donors (Lipinski definition) is 2. The molecule has 2 rings (SSSR count). The van der Waals surface area contributed by atoms with Crippen LogP contribution >= 0.6 is 0 Å². The summed E-state index contributed by atoms with van der Waals surface area (Å²) in [4.78, 5) is 23.7. The van der Waals surface area contributed by atoms with E-state index in [-0.39, 0.29) is 11.8 Å². The smallest absolute Gasteiger partial charge is 0.224 e. The van der Waals surface area contributed by atoms with Gasteiger partial charge in [0.2, 0.25) is 11.8 Å². The van der Waals surface area contributed by atoms with Crippen molar-refractivity contribution in [1.29, 1.82) is 0 Å². The van der Waals surface area contributed by atoms with E-state index in [9.17, 15) is 9.59 Å². The predicted octanol–water partition coefficient (Wildman–Crippen LogP) is 4.85. The summed E-state index contributed by atoms with van der Waals surface area (Å²) in [5, 5.41) is 5.74. The van der Waals surface area contributed by atoms with Crippen LogP contribution < -0.4 is 20.1 Å². The van der Waals surface area contributed by atoms with Gasteiger partial charge < -0.3 is 20.1 Å². The van der Waals surface area contributed by atoms with Crippen molar-refractivity contribution >= 4 is 23.2 Å². The third kappa shape index (κ3) is 5.49. The fourth-order valence-corrected chi connectivity index (χ4v) is 2.83. The van der Waals surface area contributed by atoms with Gasteiger partial charge in [-0.25, -0.2) is 0 Å². The molecular formula is C22H28N2O4. The number of carbonyl (C=O) groups is 2. The normalized spacial score (nSPS) is 10.3. The maximum absolute atomic E-state index is 11.9. The molecular weight excluding hydrogens is 356 g/mol. The van der Waals surface area contributed by atoms with Gasteiger partial charge in [-0.2, -0.15) is 0 Å². The van der Waals surface area contributed by atoms with E-state index in [2.05, 4.69) is 10.6 Å². The molecule has 2 aromatic rings. The van der Waals surface area contributed by atoms with Gasteiger partial charge in [0.15, 0.2) is 0 Å². The predicted molar refractivity (Wildman–Crippen MR) is 112 cm³/mol. The summed E-state index contributed by atoms with van der Waals surface area (Å²) in [7, 11) is 3.14. The lowest BCUT2D eigenvalue weighted by atomic mass is 10.0. The van der Waals surface area contributed by atoms with Crippen LogP contribution in [-0.2, 0) is 9.59 Å². The van der Waals surface area contributed by atoms with E-state index < -0.39 is 0 Å². The van der Waals surface area contributed by atoms with E-state index >= 15 is 0 Å². The lowest BCUT2D eigenvalue weighted by Gasteiger charge is -2.14. The summed E-state index contributed by atoms with van der Waals surface area (Å²) in [5.41, 5.74) is 3.10. The molecule has 0 atom stereocenters. The minimum Gasteiger partial charge on any atom is -0.495 e. The summed E-state index contributed by atoms with van der Waals surface area (Å²) >= 11 is 0. The largest absolute Gasteiger partial charge is 0.495 e. The molecule has 0 bridgehead atoms. The van der Waals surface area contributed by atoms with Crippen LogP contribution in [0.3, 0.4) is 0 Å². The Bertz CT molecular complexity index is 764. The van der Waals surface area contributed by atoms with E-state index in [4.69, 9.17) is 9.47 Å². The molecule has 0 aliphatic carbocycles. The van der Waals surface area contributed by atoms with Gasteiger partial charge >= 0.3 is 0 Å². The molecule has 0 aliphatic heterocycles. The van der Waals surface area contributed by atoms with Crippen LogP contribution in [0, 0.1) is 0 Å². The number of rotatable bonds is 9. The second-order valence-electron chi connectivity index (χ2n) is 6.43. The third-order valence-electron chi connectivity index (χ3n) is 4.24. The molecule has 2 N–H and O–H groups in total. The fraction of sp³-hybridized carbons (Fsp3) is 0.364. The number of hydrogen-bond acceptors (Lipinski definition) is 4. The lowest BCUT2D eigenvalue weighted by molar-refractivity contribution is -0.117. The number of anilines is 2. The monoisotopic (exact) mass is 384 g/mol. The molecule has 2 amide bonds. The van der Waals surface area contributed by atoms with Gasteiger partial charge in [-0.3, -0.25) is 9.59 Å². The zero-order chi connectivity index (χ0) is 20.5. The van der Waals surface area contributed by atoms with Crippen LogP contribution in [0.15, 0.2) is 36.4 Å². The molecule has 0 radical (unpaired) electrons. The molecule has 0 saturated carbocycles. The maximum Gasteiger partial charge on any atom is 0.224 e. The second kappa shape index (κ2) is 10.3. The Morgan fingerprint density at radius 3 is 1.46 bits per heavy atom. The topological polar surface area (TPSA) is 76.7 Å². The Morgan fingerprint density at radius 1 is 0.750 bits per heavy atom. The first-order valence-corrected chi connectivity index (χ1v) is 9.48. The van der Waals surface area contributed by atoms with Crippen molar-refractivity contribution in [2.75, 3.05) is 24.9 Å². The SMILES string of the molecule is CCCC(=O)Nc1ccc(-c2ccc(NC(=O)CCC)c(OC)c2)cc1OC. The number of ether oxygens (including phenoxy) is 2. The molecule has 0 fully saturated rings. The highest BCUT2D eigenvalue weighted by Crippen LogP contribution is 2.35. The minimum atomic E-state index is -0.0395. The Hall–Kier alpha value is -3.02. The van der Waals surface area contributed by atoms with Crippen LogP contribution in [0.4, 0.5) is 11.4 Å². The van der Waals surface area contributed by atoms with Crippen molar-refractivity contribution in [3.05, 3.63) is 36.4 Å². The van der Waals surface area contributed by atoms with Crippen molar-refractivity contribution in [3.8, 4) is 22.6 Å². The van der Waals surface area contributed by atoms with Gasteiger partial charge in [-0.15, -0.1) is 0 Å². The molecule has 0 saturated heterocycles. The first kappa shape index (κ1) is 21.3. The molecule has 0 unspecified atom stereocenters. The zero-order valence-corrected chi connectivity index (χ0v) is 16.9. The molecule has 2 aromatic carbocycles. The Kier molecular flexibility index (Phi) is 7.87. The standard InChI is InChI=1S/C22H28N2O4/c1-5-7-21(25)23-17-11-9-15(13-19(17)27-3)16-10-12-18(20(14-16)28-4)24-22(26)8-6-2/h9-14H,5-8H2,1-4H3,(H,23,25)(H,24,26). The number of methoxy groups -OCH3 is 2. The van der Waals surface area contributed by atoms with E-state index in [1.807, 2.05) is 50.2 Å². The van der Waals surface area contributed by atoms with Crippen molar-refractivity contribution in [2.45, 2.75) is 39.5 Å². The van der Waals surface area contributed by atoms with Crippen LogP contribution in [0.25, 0.3) is 11.1 Å².